The first kappa shape index (κ1) is 26.6. The van der Waals surface area contributed by atoms with E-state index in [2.05, 4.69) is 15.5 Å². The maximum absolute atomic E-state index is 13.0. The van der Waals surface area contributed by atoms with E-state index >= 15 is 0 Å². The molecule has 1 fully saturated rings. The van der Waals surface area contributed by atoms with Crippen molar-refractivity contribution < 1.29 is 37.4 Å². The van der Waals surface area contributed by atoms with Crippen LogP contribution in [0.4, 0.5) is 14.5 Å². The third-order valence-electron chi connectivity index (χ3n) is 6.11. The molecule has 2 N–H and O–H groups in total. The van der Waals surface area contributed by atoms with Gasteiger partial charge in [0, 0.05) is 43.9 Å². The van der Waals surface area contributed by atoms with E-state index in [1.807, 2.05) is 13.0 Å². The molecule has 9 nitrogen and oxygen atoms in total. The third kappa shape index (κ3) is 6.55. The summed E-state index contributed by atoms with van der Waals surface area (Å²) in [7, 11) is 1.43. The van der Waals surface area contributed by atoms with Gasteiger partial charge in [-0.1, -0.05) is 11.6 Å². The van der Waals surface area contributed by atoms with Crippen molar-refractivity contribution in [3.63, 3.8) is 0 Å². The maximum Gasteiger partial charge on any atom is 0.341 e. The summed E-state index contributed by atoms with van der Waals surface area (Å²) in [5.41, 5.74) is 2.41. The highest BCUT2D eigenvalue weighted by atomic mass is 19.3. The van der Waals surface area contributed by atoms with E-state index in [-0.39, 0.29) is 36.7 Å². The number of benzene rings is 1. The second-order valence-electron chi connectivity index (χ2n) is 8.48. The van der Waals surface area contributed by atoms with Crippen LogP contribution in [0.25, 0.3) is 0 Å². The van der Waals surface area contributed by atoms with Gasteiger partial charge < -0.3 is 24.8 Å². The Labute approximate surface area is 202 Å². The van der Waals surface area contributed by atoms with Gasteiger partial charge in [0.1, 0.15) is 19.0 Å². The zero-order valence-electron chi connectivity index (χ0n) is 20.2. The quantitative estimate of drug-likeness (QED) is 0.357. The predicted molar refractivity (Wildman–Crippen MR) is 124 cm³/mol. The molecule has 1 aromatic carbocycles. The highest BCUT2D eigenvalue weighted by molar-refractivity contribution is 6.06. The van der Waals surface area contributed by atoms with E-state index in [0.717, 1.165) is 25.3 Å². The Morgan fingerprint density at radius 2 is 2.09 bits per heavy atom. The van der Waals surface area contributed by atoms with Crippen LogP contribution in [0.1, 0.15) is 46.8 Å². The summed E-state index contributed by atoms with van der Waals surface area (Å²) >= 11 is 0. The molecule has 0 saturated carbocycles. The van der Waals surface area contributed by atoms with Gasteiger partial charge in [0.15, 0.2) is 0 Å². The molecule has 1 saturated heterocycles. The number of cyclic esters (lactones) is 1. The van der Waals surface area contributed by atoms with Crippen molar-refractivity contribution in [2.45, 2.75) is 46.1 Å². The van der Waals surface area contributed by atoms with Gasteiger partial charge in [-0.2, -0.15) is 8.78 Å². The van der Waals surface area contributed by atoms with E-state index in [0.29, 0.717) is 42.0 Å². The average Bonchev–Trinajstić information content (AvgIpc) is 3.48. The van der Waals surface area contributed by atoms with Crippen LogP contribution in [0.2, 0.25) is 0 Å². The number of carbonyl (C=O) groups is 3. The van der Waals surface area contributed by atoms with Crippen LogP contribution in [-0.2, 0) is 32.1 Å². The van der Waals surface area contributed by atoms with Crippen molar-refractivity contribution in [2.24, 2.45) is 0 Å². The number of amides is 1. The van der Waals surface area contributed by atoms with Crippen molar-refractivity contribution in [2.75, 3.05) is 45.3 Å². The fourth-order valence-corrected chi connectivity index (χ4v) is 4.15. The van der Waals surface area contributed by atoms with Gasteiger partial charge in [-0.15, -0.1) is 0 Å². The molecule has 0 aliphatic carbocycles. The smallest absolute Gasteiger partial charge is 0.341 e. The molecule has 192 valence electrons. The number of ether oxygens (including phenoxy) is 3. The topological polar surface area (TPSA) is 106 Å². The number of esters is 2. The minimum Gasteiger partial charge on any atom is -0.496 e. The number of hydrogen-bond acceptors (Lipinski definition) is 8. The van der Waals surface area contributed by atoms with Crippen LogP contribution in [0.15, 0.2) is 11.6 Å². The molecule has 0 unspecified atom stereocenters. The molecule has 0 radical (unpaired) electrons. The third-order valence-corrected chi connectivity index (χ3v) is 6.11. The molecule has 0 bridgehead atoms. The Hall–Kier alpha value is -3.05. The van der Waals surface area contributed by atoms with Gasteiger partial charge in [0.25, 0.3) is 5.91 Å². The highest BCUT2D eigenvalue weighted by Gasteiger charge is 2.33. The van der Waals surface area contributed by atoms with Crippen molar-refractivity contribution in [1.82, 2.24) is 10.2 Å². The Morgan fingerprint density at radius 1 is 1.31 bits per heavy atom. The van der Waals surface area contributed by atoms with E-state index < -0.39 is 18.3 Å². The lowest BCUT2D eigenvalue weighted by molar-refractivity contribution is -0.144. The summed E-state index contributed by atoms with van der Waals surface area (Å²) in [5.74, 6) is -2.13. The molecule has 1 aromatic rings. The SMILES string of the molecule is COc1c(C)c2c(c(NC(=O)C(F)F)c1C/C=C(\C)CCC(=O)OCCN1CCNC1)C(=O)OC2. The number of fused-ring (bicyclic) bond motifs is 1. The molecule has 2 heterocycles. The summed E-state index contributed by atoms with van der Waals surface area (Å²) in [6.45, 7) is 7.22. The number of alkyl halides is 2. The van der Waals surface area contributed by atoms with Crippen LogP contribution in [-0.4, -0.2) is 69.2 Å². The van der Waals surface area contributed by atoms with Crippen LogP contribution in [0.5, 0.6) is 5.75 Å². The lowest BCUT2D eigenvalue weighted by Gasteiger charge is -2.19. The Balaban J connectivity index is 1.71. The number of methoxy groups -OCH3 is 1. The lowest BCUT2D eigenvalue weighted by Crippen LogP contribution is -2.27. The van der Waals surface area contributed by atoms with E-state index in [4.69, 9.17) is 14.2 Å². The average molecular weight is 496 g/mol. The number of halogens is 2. The standard InChI is InChI=1S/C24H31F2N3O6/c1-14(5-7-18(30)34-11-10-29-9-8-27-13-29)4-6-16-20(28-23(31)22(25)26)19-17(12-35-24(19)32)15(2)21(16)33-3/h4,22,27H,5-13H2,1-3H3,(H,28,31)/b14-4+. The summed E-state index contributed by atoms with van der Waals surface area (Å²) < 4.78 is 41.9. The first-order chi connectivity index (χ1) is 16.7. The van der Waals surface area contributed by atoms with E-state index in [1.54, 1.807) is 6.92 Å². The summed E-state index contributed by atoms with van der Waals surface area (Å²) in [5, 5.41) is 5.39. The van der Waals surface area contributed by atoms with Gasteiger partial charge in [0.2, 0.25) is 0 Å². The van der Waals surface area contributed by atoms with E-state index in [9.17, 15) is 23.2 Å². The Bertz CT molecular complexity index is 1010. The fourth-order valence-electron chi connectivity index (χ4n) is 4.15. The van der Waals surface area contributed by atoms with Crippen molar-refractivity contribution in [1.29, 1.82) is 0 Å². The van der Waals surface area contributed by atoms with Gasteiger partial charge >= 0.3 is 18.4 Å². The lowest BCUT2D eigenvalue weighted by atomic mass is 9.93. The van der Waals surface area contributed by atoms with Crippen LogP contribution in [0, 0.1) is 6.92 Å². The molecule has 11 heteroatoms. The predicted octanol–water partition coefficient (Wildman–Crippen LogP) is 2.55. The second-order valence-corrected chi connectivity index (χ2v) is 8.48. The number of rotatable bonds is 11. The first-order valence-corrected chi connectivity index (χ1v) is 11.5. The first-order valence-electron chi connectivity index (χ1n) is 11.5. The Kier molecular flexibility index (Phi) is 9.16. The van der Waals surface area contributed by atoms with Crippen LogP contribution < -0.4 is 15.4 Å². The number of allylic oxidation sites excluding steroid dienone is 2. The molecule has 2 aliphatic rings. The largest absolute Gasteiger partial charge is 0.496 e. The molecule has 1 amide bonds. The number of carbonyl (C=O) groups excluding carboxylic acids is 3. The minimum atomic E-state index is -3.26. The van der Waals surface area contributed by atoms with E-state index in [1.165, 1.54) is 7.11 Å². The van der Waals surface area contributed by atoms with Gasteiger partial charge in [0.05, 0.1) is 18.4 Å². The van der Waals surface area contributed by atoms with Gasteiger partial charge in [-0.3, -0.25) is 14.5 Å². The minimum absolute atomic E-state index is 0.0283. The fraction of sp³-hybridized carbons (Fsp3) is 0.542. The number of nitrogens with one attached hydrogen (secondary N) is 2. The number of nitrogens with zero attached hydrogens (tertiary/aromatic N) is 1. The molecule has 0 atom stereocenters. The monoisotopic (exact) mass is 495 g/mol. The highest BCUT2D eigenvalue weighted by Crippen LogP contribution is 2.41. The molecule has 0 aromatic heterocycles. The van der Waals surface area contributed by atoms with Gasteiger partial charge in [-0.05, 0) is 32.3 Å². The number of hydrogen-bond donors (Lipinski definition) is 2. The van der Waals surface area contributed by atoms with Crippen LogP contribution in [0.3, 0.4) is 0 Å². The zero-order valence-corrected chi connectivity index (χ0v) is 20.2. The zero-order chi connectivity index (χ0) is 25.5. The number of anilines is 1. The molecule has 2 aliphatic heterocycles. The molecule has 0 spiro atoms. The van der Waals surface area contributed by atoms with Crippen molar-refractivity contribution >= 4 is 23.5 Å². The Morgan fingerprint density at radius 3 is 2.74 bits per heavy atom. The summed E-state index contributed by atoms with van der Waals surface area (Å²) in [6, 6.07) is 0. The molecular weight excluding hydrogens is 464 g/mol. The van der Waals surface area contributed by atoms with Crippen molar-refractivity contribution in [3.05, 3.63) is 33.9 Å². The summed E-state index contributed by atoms with van der Waals surface area (Å²) in [6.07, 6.45) is -0.621. The second kappa shape index (κ2) is 12.1. The normalized spacial score (nSPS) is 15.8. The summed E-state index contributed by atoms with van der Waals surface area (Å²) in [4.78, 5) is 38.4. The van der Waals surface area contributed by atoms with Gasteiger partial charge in [-0.25, -0.2) is 4.79 Å². The van der Waals surface area contributed by atoms with Crippen molar-refractivity contribution in [3.8, 4) is 5.75 Å². The maximum atomic E-state index is 13.0. The molecule has 3 rings (SSSR count). The molecule has 35 heavy (non-hydrogen) atoms. The van der Waals surface area contributed by atoms with Crippen LogP contribution >= 0.6 is 0 Å². The molecular formula is C24H31F2N3O6.